The van der Waals surface area contributed by atoms with Crippen LogP contribution < -0.4 is 0 Å². The first kappa shape index (κ1) is 28.3. The number of sulfone groups is 1. The van der Waals surface area contributed by atoms with E-state index in [0.29, 0.717) is 0 Å². The van der Waals surface area contributed by atoms with Crippen molar-refractivity contribution in [3.05, 3.63) is 22.7 Å². The van der Waals surface area contributed by atoms with E-state index in [0.717, 1.165) is 12.3 Å². The predicted octanol–water partition coefficient (Wildman–Crippen LogP) is 4.74. The maximum absolute atomic E-state index is 15.4. The van der Waals surface area contributed by atoms with E-state index in [1.807, 2.05) is 41.5 Å². The van der Waals surface area contributed by atoms with Crippen molar-refractivity contribution < 1.29 is 32.6 Å². The number of carbonyl (C=O) groups is 2. The Morgan fingerprint density at radius 3 is 2.15 bits per heavy atom. The van der Waals surface area contributed by atoms with E-state index in [-0.39, 0.29) is 23.8 Å². The third kappa shape index (κ3) is 4.63. The van der Waals surface area contributed by atoms with Crippen LogP contribution in [0, 0.1) is 28.0 Å². The zero-order valence-electron chi connectivity index (χ0n) is 20.9. The van der Waals surface area contributed by atoms with Gasteiger partial charge in [0.15, 0.2) is 15.7 Å². The molecule has 8 nitrogen and oxygen atoms in total. The van der Waals surface area contributed by atoms with Crippen molar-refractivity contribution >= 4 is 33.5 Å². The van der Waals surface area contributed by atoms with Crippen LogP contribution in [-0.4, -0.2) is 58.9 Å². The Balaban J connectivity index is 2.92. The maximum Gasteiger partial charge on any atom is 0.407 e. The molecule has 2 N–H and O–H groups in total. The second-order valence-corrected chi connectivity index (χ2v) is 13.9. The molecule has 34 heavy (non-hydrogen) atoms. The molecule has 11 heteroatoms. The molecule has 0 aliphatic carbocycles. The quantitative estimate of drug-likeness (QED) is 0.549. The molecule has 1 aliphatic rings. The Morgan fingerprint density at radius 1 is 1.24 bits per heavy atom. The van der Waals surface area contributed by atoms with Gasteiger partial charge in [-0.05, 0) is 30.2 Å². The Kier molecular flexibility index (Phi) is 7.17. The lowest BCUT2D eigenvalue weighted by atomic mass is 9.47. The van der Waals surface area contributed by atoms with Gasteiger partial charge < -0.3 is 15.1 Å². The molecule has 0 radical (unpaired) electrons. The number of hydrogen-bond donors (Lipinski definition) is 2. The Hall–Kier alpha value is -1.94. The van der Waals surface area contributed by atoms with Crippen molar-refractivity contribution in [3.63, 3.8) is 0 Å². The van der Waals surface area contributed by atoms with Gasteiger partial charge in [-0.25, -0.2) is 22.6 Å². The van der Waals surface area contributed by atoms with Gasteiger partial charge in [0.1, 0.15) is 10.0 Å². The molecule has 1 amide bonds. The molecular formula is C23H34ClFN2O6S. The van der Waals surface area contributed by atoms with Crippen molar-refractivity contribution in [1.29, 1.82) is 0 Å². The average Bonchev–Trinajstić information content (AvgIpc) is 2.60. The zero-order chi connectivity index (χ0) is 26.7. The first-order chi connectivity index (χ1) is 15.1. The number of carboxylic acid groups (broad SMARTS) is 2. The van der Waals surface area contributed by atoms with E-state index in [1.165, 1.54) is 4.90 Å². The molecule has 192 valence electrons. The molecule has 1 aromatic rings. The number of carboxylic acids is 1. The topological polar surface area (TPSA) is 125 Å². The number of pyridine rings is 1. The van der Waals surface area contributed by atoms with Gasteiger partial charge in [0.25, 0.3) is 0 Å². The molecule has 0 spiro atoms. The number of aliphatic carboxylic acids is 1. The average molecular weight is 521 g/mol. The van der Waals surface area contributed by atoms with E-state index < -0.39 is 66.7 Å². The van der Waals surface area contributed by atoms with Gasteiger partial charge >= 0.3 is 12.1 Å². The highest BCUT2D eigenvalue weighted by Crippen LogP contribution is 2.60. The number of nitrogens with zero attached hydrogens (tertiary/aromatic N) is 2. The highest BCUT2D eigenvalue weighted by molar-refractivity contribution is 7.90. The highest BCUT2D eigenvalue weighted by Gasteiger charge is 2.66. The van der Waals surface area contributed by atoms with Gasteiger partial charge in [-0.1, -0.05) is 53.1 Å². The molecule has 0 aromatic carbocycles. The monoisotopic (exact) mass is 520 g/mol. The molecule has 3 atom stereocenters. The second-order valence-electron chi connectivity index (χ2n) is 11.5. The van der Waals surface area contributed by atoms with Gasteiger partial charge in [0.05, 0.1) is 16.6 Å². The van der Waals surface area contributed by atoms with Crippen molar-refractivity contribution in [2.45, 2.75) is 71.7 Å². The summed E-state index contributed by atoms with van der Waals surface area (Å²) in [4.78, 5) is 30.0. The second kappa shape index (κ2) is 8.62. The molecule has 1 fully saturated rings. The van der Waals surface area contributed by atoms with E-state index >= 15 is 4.39 Å². The molecule has 1 saturated heterocycles. The van der Waals surface area contributed by atoms with E-state index in [1.54, 1.807) is 6.92 Å². The van der Waals surface area contributed by atoms with Crippen molar-refractivity contribution in [3.8, 4) is 0 Å². The number of halogens is 2. The Morgan fingerprint density at radius 2 is 1.76 bits per heavy atom. The molecule has 0 saturated carbocycles. The third-order valence-corrected chi connectivity index (χ3v) is 8.63. The van der Waals surface area contributed by atoms with Crippen LogP contribution in [0.5, 0.6) is 0 Å². The summed E-state index contributed by atoms with van der Waals surface area (Å²) in [5.74, 6) is -3.18. The van der Waals surface area contributed by atoms with Gasteiger partial charge in [-0.2, -0.15) is 0 Å². The number of hydrogen-bond acceptors (Lipinski definition) is 5. The minimum Gasteiger partial charge on any atom is -0.481 e. The summed E-state index contributed by atoms with van der Waals surface area (Å²) in [5.41, 5.74) is -4.65. The van der Waals surface area contributed by atoms with Gasteiger partial charge in [0.2, 0.25) is 0 Å². The van der Waals surface area contributed by atoms with Crippen LogP contribution in [0.2, 0.25) is 5.15 Å². The fourth-order valence-corrected chi connectivity index (χ4v) is 6.94. The lowest BCUT2D eigenvalue weighted by Crippen LogP contribution is -2.72. The summed E-state index contributed by atoms with van der Waals surface area (Å²) in [6, 6.07) is 0.900. The van der Waals surface area contributed by atoms with Crippen molar-refractivity contribution in [2.75, 3.05) is 12.8 Å². The third-order valence-electron chi connectivity index (χ3n) is 7.34. The lowest BCUT2D eigenvalue weighted by molar-refractivity contribution is -0.188. The van der Waals surface area contributed by atoms with E-state index in [2.05, 4.69) is 4.98 Å². The largest absolute Gasteiger partial charge is 0.481 e. The predicted molar refractivity (Wildman–Crippen MR) is 126 cm³/mol. The van der Waals surface area contributed by atoms with Gasteiger partial charge in [-0.15, -0.1) is 0 Å². The minimum atomic E-state index is -4.00. The Bertz CT molecular complexity index is 1110. The van der Waals surface area contributed by atoms with E-state index in [9.17, 15) is 28.2 Å². The number of piperidine rings is 1. The maximum atomic E-state index is 15.4. The summed E-state index contributed by atoms with van der Waals surface area (Å²) in [7, 11) is -4.00. The van der Waals surface area contributed by atoms with Gasteiger partial charge in [-0.3, -0.25) is 4.79 Å². The fourth-order valence-electron chi connectivity index (χ4n) is 5.89. The van der Waals surface area contributed by atoms with Crippen LogP contribution in [0.15, 0.2) is 11.0 Å². The first-order valence-electron chi connectivity index (χ1n) is 10.9. The van der Waals surface area contributed by atoms with Crippen molar-refractivity contribution in [2.24, 2.45) is 22.2 Å². The van der Waals surface area contributed by atoms with Crippen LogP contribution in [0.3, 0.4) is 0 Å². The SMILES string of the molecule is CC(C)(C)C1[C@@](Cc2nc(Cl)cc(S(C)(=O)=O)c2F)(C(=O)O)CCN(C(=O)O)[C@@]1(C)C(C)(C)C. The van der Waals surface area contributed by atoms with Crippen molar-refractivity contribution in [1.82, 2.24) is 9.88 Å². The highest BCUT2D eigenvalue weighted by atomic mass is 35.5. The lowest BCUT2D eigenvalue weighted by Gasteiger charge is -2.64. The van der Waals surface area contributed by atoms with Crippen LogP contribution in [0.4, 0.5) is 9.18 Å². The summed E-state index contributed by atoms with van der Waals surface area (Å²) in [6.07, 6.45) is -0.891. The zero-order valence-corrected chi connectivity index (χ0v) is 22.4. The molecular weight excluding hydrogens is 487 g/mol. The Labute approximate surface area is 205 Å². The van der Waals surface area contributed by atoms with Gasteiger partial charge in [0, 0.05) is 25.1 Å². The number of amides is 1. The number of likely N-dealkylation sites (tertiary alicyclic amines) is 1. The fraction of sp³-hybridized carbons (Fsp3) is 0.696. The smallest absolute Gasteiger partial charge is 0.407 e. The molecule has 1 aromatic heterocycles. The minimum absolute atomic E-state index is 0.0941. The van der Waals surface area contributed by atoms with Crippen LogP contribution in [0.25, 0.3) is 0 Å². The molecule has 2 rings (SSSR count). The first-order valence-corrected chi connectivity index (χ1v) is 13.2. The molecule has 0 bridgehead atoms. The summed E-state index contributed by atoms with van der Waals surface area (Å²) in [6.45, 7) is 12.7. The van der Waals surface area contributed by atoms with Crippen LogP contribution >= 0.6 is 11.6 Å². The summed E-state index contributed by atoms with van der Waals surface area (Å²) in [5, 5.41) is 20.4. The van der Waals surface area contributed by atoms with Crippen LogP contribution in [-0.2, 0) is 21.1 Å². The summed E-state index contributed by atoms with van der Waals surface area (Å²) >= 11 is 6.01. The van der Waals surface area contributed by atoms with Crippen LogP contribution in [0.1, 0.15) is 60.6 Å². The molecule has 1 aliphatic heterocycles. The van der Waals surface area contributed by atoms with E-state index in [4.69, 9.17) is 11.6 Å². The molecule has 1 unspecified atom stereocenters. The molecule has 2 heterocycles. The summed E-state index contributed by atoms with van der Waals surface area (Å²) < 4.78 is 39.6. The number of aromatic nitrogens is 1. The standard InChI is InChI=1S/C23H34ClFN2O6S/c1-20(2,3)17-22(7,21(4,5)6)27(19(30)31)10-9-23(17,18(28)29)12-13-16(25)14(34(8,32)33)11-15(24)26-13/h11,17H,9-10,12H2,1-8H3,(H,28,29)(H,30,31)/t17?,22-,23-/m1/s1. The number of rotatable bonds is 4. The normalized spacial score (nSPS) is 26.4.